The van der Waals surface area contributed by atoms with E-state index >= 15 is 0 Å². The van der Waals surface area contributed by atoms with Gasteiger partial charge in [-0.2, -0.15) is 0 Å². The van der Waals surface area contributed by atoms with Crippen molar-refractivity contribution in [2.75, 3.05) is 7.11 Å². The van der Waals surface area contributed by atoms with Gasteiger partial charge in [0.25, 0.3) is 0 Å². The number of benzene rings is 2. The molecule has 0 radical (unpaired) electrons. The van der Waals surface area contributed by atoms with Crippen LogP contribution in [0.3, 0.4) is 0 Å². The Morgan fingerprint density at radius 3 is 2.68 bits per heavy atom. The Balaban J connectivity index is 1.63. The van der Waals surface area contributed by atoms with Crippen molar-refractivity contribution in [2.45, 2.75) is 6.61 Å². The zero-order valence-electron chi connectivity index (χ0n) is 15.3. The van der Waals surface area contributed by atoms with Gasteiger partial charge < -0.3 is 14.5 Å². The van der Waals surface area contributed by atoms with Crippen LogP contribution in [0.2, 0.25) is 0 Å². The highest BCUT2D eigenvalue weighted by Gasteiger charge is 2.15. The number of aromatic nitrogens is 4. The third kappa shape index (κ3) is 2.75. The highest BCUT2D eigenvalue weighted by atomic mass is 16.5. The maximum atomic E-state index is 6.04. The second-order valence-electron chi connectivity index (χ2n) is 6.47. The molecule has 138 valence electrons. The summed E-state index contributed by atoms with van der Waals surface area (Å²) >= 11 is 0. The Kier molecular flexibility index (Phi) is 3.94. The van der Waals surface area contributed by atoms with Crippen LogP contribution < -0.4 is 9.47 Å². The van der Waals surface area contributed by atoms with Gasteiger partial charge in [-0.25, -0.2) is 9.97 Å². The van der Waals surface area contributed by atoms with Gasteiger partial charge in [0.2, 0.25) is 0 Å². The van der Waals surface area contributed by atoms with E-state index in [1.54, 1.807) is 25.8 Å². The highest BCUT2D eigenvalue weighted by molar-refractivity contribution is 6.11. The lowest BCUT2D eigenvalue weighted by Gasteiger charge is -2.11. The molecule has 0 fully saturated rings. The Morgan fingerprint density at radius 2 is 1.89 bits per heavy atom. The van der Waals surface area contributed by atoms with Crippen LogP contribution in [-0.2, 0) is 6.61 Å². The van der Waals surface area contributed by atoms with E-state index < -0.39 is 0 Å². The van der Waals surface area contributed by atoms with E-state index in [1.165, 1.54) is 0 Å². The summed E-state index contributed by atoms with van der Waals surface area (Å²) in [7, 11) is 1.65. The van der Waals surface area contributed by atoms with E-state index in [-0.39, 0.29) is 0 Å². The summed E-state index contributed by atoms with van der Waals surface area (Å²) in [6.45, 7) is 0.477. The molecule has 28 heavy (non-hydrogen) atoms. The number of H-pyrrole nitrogens is 1. The Hall–Kier alpha value is -3.80. The molecule has 0 aliphatic carbocycles. The SMILES string of the molecule is COc1cc2c(cc1OCc1ccccc1)[nH]c1ccnc(-n3ccnc3)c12. The molecule has 0 aliphatic rings. The van der Waals surface area contributed by atoms with Crippen molar-refractivity contribution in [1.29, 1.82) is 0 Å². The van der Waals surface area contributed by atoms with Gasteiger partial charge in [-0.05, 0) is 17.7 Å². The summed E-state index contributed by atoms with van der Waals surface area (Å²) in [4.78, 5) is 12.2. The maximum absolute atomic E-state index is 6.04. The zero-order chi connectivity index (χ0) is 18.9. The minimum atomic E-state index is 0.477. The van der Waals surface area contributed by atoms with Crippen LogP contribution in [0, 0.1) is 0 Å². The quantitative estimate of drug-likeness (QED) is 0.495. The van der Waals surface area contributed by atoms with Gasteiger partial charge in [-0.15, -0.1) is 0 Å². The Labute approximate surface area is 161 Å². The first-order valence-corrected chi connectivity index (χ1v) is 8.97. The molecule has 6 heteroatoms. The van der Waals surface area contributed by atoms with Crippen molar-refractivity contribution in [3.05, 3.63) is 79.0 Å². The number of nitrogens with zero attached hydrogens (tertiary/aromatic N) is 3. The summed E-state index contributed by atoms with van der Waals surface area (Å²) in [5.74, 6) is 2.20. The lowest BCUT2D eigenvalue weighted by atomic mass is 10.1. The number of fused-ring (bicyclic) bond motifs is 3. The normalized spacial score (nSPS) is 11.2. The van der Waals surface area contributed by atoms with Crippen LogP contribution in [0.25, 0.3) is 27.6 Å². The van der Waals surface area contributed by atoms with Gasteiger partial charge in [0, 0.05) is 30.0 Å². The van der Waals surface area contributed by atoms with Crippen LogP contribution >= 0.6 is 0 Å². The molecule has 5 rings (SSSR count). The molecule has 3 heterocycles. The first-order valence-electron chi connectivity index (χ1n) is 8.97. The number of rotatable bonds is 5. The number of pyridine rings is 1. The molecule has 0 bridgehead atoms. The molecule has 0 spiro atoms. The Morgan fingerprint density at radius 1 is 1.00 bits per heavy atom. The standard InChI is InChI=1S/C22H18N4O2/c1-27-19-11-16-18(12-20(19)28-13-15-5-3-2-4-6-15)25-17-7-8-24-22(21(16)17)26-10-9-23-14-26/h2-12,14,25H,13H2,1H3. The second kappa shape index (κ2) is 6.74. The number of hydrogen-bond acceptors (Lipinski definition) is 4. The summed E-state index contributed by atoms with van der Waals surface area (Å²) in [6, 6.07) is 16.0. The lowest BCUT2D eigenvalue weighted by molar-refractivity contribution is 0.285. The topological polar surface area (TPSA) is 65.0 Å². The van der Waals surface area contributed by atoms with Gasteiger partial charge in [0.15, 0.2) is 11.5 Å². The Bertz CT molecular complexity index is 1240. The fourth-order valence-corrected chi connectivity index (χ4v) is 3.42. The van der Waals surface area contributed by atoms with Crippen molar-refractivity contribution in [2.24, 2.45) is 0 Å². The summed E-state index contributed by atoms with van der Waals surface area (Å²) in [6.07, 6.45) is 7.16. The fourth-order valence-electron chi connectivity index (χ4n) is 3.42. The summed E-state index contributed by atoms with van der Waals surface area (Å²) < 4.78 is 13.6. The molecular formula is C22H18N4O2. The molecule has 3 aromatic heterocycles. The average Bonchev–Trinajstić information content (AvgIpc) is 3.39. The molecule has 0 amide bonds. The van der Waals surface area contributed by atoms with Gasteiger partial charge in [0.1, 0.15) is 18.8 Å². The van der Waals surface area contributed by atoms with E-state index in [2.05, 4.69) is 15.0 Å². The summed E-state index contributed by atoms with van der Waals surface area (Å²) in [5.41, 5.74) is 3.07. The van der Waals surface area contributed by atoms with E-state index in [4.69, 9.17) is 9.47 Å². The number of aromatic amines is 1. The molecule has 0 aliphatic heterocycles. The first-order chi connectivity index (χ1) is 13.8. The maximum Gasteiger partial charge on any atom is 0.163 e. The number of ether oxygens (including phenoxy) is 2. The molecule has 6 nitrogen and oxygen atoms in total. The molecule has 1 N–H and O–H groups in total. The minimum absolute atomic E-state index is 0.477. The number of imidazole rings is 1. The predicted octanol–water partition coefficient (Wildman–Crippen LogP) is 4.49. The predicted molar refractivity (Wildman–Crippen MR) is 108 cm³/mol. The minimum Gasteiger partial charge on any atom is -0.493 e. The molecule has 0 atom stereocenters. The summed E-state index contributed by atoms with van der Waals surface area (Å²) in [5, 5.41) is 2.04. The molecule has 5 aromatic rings. The zero-order valence-corrected chi connectivity index (χ0v) is 15.3. The molecule has 0 saturated heterocycles. The van der Waals surface area contributed by atoms with E-state index in [9.17, 15) is 0 Å². The van der Waals surface area contributed by atoms with Gasteiger partial charge >= 0.3 is 0 Å². The second-order valence-corrected chi connectivity index (χ2v) is 6.47. The van der Waals surface area contributed by atoms with Crippen LogP contribution in [0.5, 0.6) is 11.5 Å². The highest BCUT2D eigenvalue weighted by Crippen LogP contribution is 2.37. The van der Waals surface area contributed by atoms with Gasteiger partial charge in [0.05, 0.1) is 23.5 Å². The van der Waals surface area contributed by atoms with Crippen LogP contribution in [0.15, 0.2) is 73.4 Å². The van der Waals surface area contributed by atoms with Crippen molar-refractivity contribution >= 4 is 21.8 Å². The third-order valence-corrected chi connectivity index (χ3v) is 4.76. The lowest BCUT2D eigenvalue weighted by Crippen LogP contribution is -1.97. The third-order valence-electron chi connectivity index (χ3n) is 4.76. The van der Waals surface area contributed by atoms with Crippen LogP contribution in [0.1, 0.15) is 5.56 Å². The monoisotopic (exact) mass is 370 g/mol. The van der Waals surface area contributed by atoms with Crippen LogP contribution in [0.4, 0.5) is 0 Å². The average molecular weight is 370 g/mol. The van der Waals surface area contributed by atoms with E-state index in [1.807, 2.05) is 59.3 Å². The number of nitrogens with one attached hydrogen (secondary N) is 1. The smallest absolute Gasteiger partial charge is 0.163 e. The molecule has 0 unspecified atom stereocenters. The van der Waals surface area contributed by atoms with Crippen molar-refractivity contribution in [1.82, 2.24) is 19.5 Å². The van der Waals surface area contributed by atoms with Gasteiger partial charge in [-0.3, -0.25) is 4.57 Å². The molecular weight excluding hydrogens is 352 g/mol. The fraction of sp³-hybridized carbons (Fsp3) is 0.0909. The van der Waals surface area contributed by atoms with Crippen molar-refractivity contribution < 1.29 is 9.47 Å². The molecule has 0 saturated carbocycles. The number of methoxy groups -OCH3 is 1. The largest absolute Gasteiger partial charge is 0.493 e. The van der Waals surface area contributed by atoms with E-state index in [0.29, 0.717) is 18.1 Å². The van der Waals surface area contributed by atoms with Gasteiger partial charge in [-0.1, -0.05) is 30.3 Å². The number of hydrogen-bond donors (Lipinski definition) is 1. The van der Waals surface area contributed by atoms with Crippen LogP contribution in [-0.4, -0.2) is 26.6 Å². The van der Waals surface area contributed by atoms with Crippen molar-refractivity contribution in [3.63, 3.8) is 0 Å². The van der Waals surface area contributed by atoms with Crippen molar-refractivity contribution in [3.8, 4) is 17.3 Å². The van der Waals surface area contributed by atoms with E-state index in [0.717, 1.165) is 33.2 Å². The molecule has 2 aromatic carbocycles. The first kappa shape index (κ1) is 16.4.